The second-order valence-corrected chi connectivity index (χ2v) is 4.71. The molecule has 94 valence electrons. The summed E-state index contributed by atoms with van der Waals surface area (Å²) in [6, 6.07) is 0.450. The third-order valence-corrected chi connectivity index (χ3v) is 3.46. The van der Waals surface area contributed by atoms with E-state index >= 15 is 0 Å². The van der Waals surface area contributed by atoms with Crippen LogP contribution in [0.15, 0.2) is 17.2 Å². The van der Waals surface area contributed by atoms with Crippen molar-refractivity contribution in [2.45, 2.75) is 32.2 Å². The predicted molar refractivity (Wildman–Crippen MR) is 68.6 cm³/mol. The maximum absolute atomic E-state index is 11.5. The standard InChI is InChI=1S/C12H15N5O/c1-8-4-2-3-5-17(8)12-13-6-9-10(15-12)7-14-16-11(9)18/h6-8H,2-5H2,1H3,(H,16,18). The maximum Gasteiger partial charge on any atom is 0.275 e. The summed E-state index contributed by atoms with van der Waals surface area (Å²) in [5, 5.41) is 6.64. The Hall–Kier alpha value is -1.98. The number of nitrogens with one attached hydrogen (secondary N) is 1. The lowest BCUT2D eigenvalue weighted by Crippen LogP contribution is -2.38. The van der Waals surface area contributed by atoms with Gasteiger partial charge in [-0.25, -0.2) is 15.1 Å². The summed E-state index contributed by atoms with van der Waals surface area (Å²) >= 11 is 0. The van der Waals surface area contributed by atoms with E-state index in [0.29, 0.717) is 22.9 Å². The van der Waals surface area contributed by atoms with Gasteiger partial charge < -0.3 is 4.90 Å². The molecule has 0 spiro atoms. The van der Waals surface area contributed by atoms with Crippen LogP contribution >= 0.6 is 0 Å². The first-order valence-electron chi connectivity index (χ1n) is 6.23. The van der Waals surface area contributed by atoms with Crippen molar-refractivity contribution in [3.8, 4) is 0 Å². The maximum atomic E-state index is 11.5. The van der Waals surface area contributed by atoms with Crippen molar-refractivity contribution in [2.75, 3.05) is 11.4 Å². The number of fused-ring (bicyclic) bond motifs is 1. The van der Waals surface area contributed by atoms with E-state index in [4.69, 9.17) is 0 Å². The number of rotatable bonds is 1. The molecule has 6 heteroatoms. The number of piperidine rings is 1. The average Bonchev–Trinajstić information content (AvgIpc) is 2.39. The predicted octanol–water partition coefficient (Wildman–Crippen LogP) is 1.09. The van der Waals surface area contributed by atoms with Crippen LogP contribution in [0.3, 0.4) is 0 Å². The quantitative estimate of drug-likeness (QED) is 0.814. The van der Waals surface area contributed by atoms with Crippen LogP contribution in [0.4, 0.5) is 5.95 Å². The largest absolute Gasteiger partial charge is 0.338 e. The van der Waals surface area contributed by atoms with Gasteiger partial charge in [-0.1, -0.05) is 0 Å². The molecule has 0 radical (unpaired) electrons. The van der Waals surface area contributed by atoms with E-state index in [1.54, 1.807) is 12.4 Å². The molecule has 0 amide bonds. The first-order chi connectivity index (χ1) is 8.75. The SMILES string of the molecule is CC1CCCCN1c1ncc2c(=O)[nH]ncc2n1. The van der Waals surface area contributed by atoms with Crippen molar-refractivity contribution >= 4 is 16.9 Å². The van der Waals surface area contributed by atoms with Gasteiger partial charge in [-0.3, -0.25) is 4.79 Å². The van der Waals surface area contributed by atoms with Crippen molar-refractivity contribution < 1.29 is 0 Å². The Labute approximate surface area is 104 Å². The molecule has 1 N–H and O–H groups in total. The molecule has 1 saturated heterocycles. The molecule has 2 aromatic rings. The number of aromatic amines is 1. The smallest absolute Gasteiger partial charge is 0.275 e. The van der Waals surface area contributed by atoms with Crippen molar-refractivity contribution in [3.63, 3.8) is 0 Å². The van der Waals surface area contributed by atoms with Crippen molar-refractivity contribution in [1.82, 2.24) is 20.2 Å². The van der Waals surface area contributed by atoms with E-state index in [1.165, 1.54) is 12.8 Å². The molecular formula is C12H15N5O. The summed E-state index contributed by atoms with van der Waals surface area (Å²) in [4.78, 5) is 22.5. The molecule has 1 fully saturated rings. The molecule has 0 aliphatic carbocycles. The Balaban J connectivity index is 2.05. The lowest BCUT2D eigenvalue weighted by atomic mass is 10.0. The second kappa shape index (κ2) is 4.36. The lowest BCUT2D eigenvalue weighted by molar-refractivity contribution is 0.477. The molecule has 0 saturated carbocycles. The van der Waals surface area contributed by atoms with Gasteiger partial charge in [0.1, 0.15) is 5.52 Å². The molecule has 1 aliphatic heterocycles. The average molecular weight is 245 g/mol. The Bertz CT molecular complexity index is 623. The van der Waals surface area contributed by atoms with Crippen LogP contribution in [0, 0.1) is 0 Å². The van der Waals surface area contributed by atoms with Gasteiger partial charge >= 0.3 is 0 Å². The van der Waals surface area contributed by atoms with Crippen molar-refractivity contribution in [3.05, 3.63) is 22.7 Å². The van der Waals surface area contributed by atoms with Gasteiger partial charge in [0.2, 0.25) is 5.95 Å². The zero-order valence-electron chi connectivity index (χ0n) is 10.3. The van der Waals surface area contributed by atoms with Crippen LogP contribution < -0.4 is 10.5 Å². The fraction of sp³-hybridized carbons (Fsp3) is 0.500. The van der Waals surface area contributed by atoms with Crippen molar-refractivity contribution in [1.29, 1.82) is 0 Å². The monoisotopic (exact) mass is 245 g/mol. The van der Waals surface area contributed by atoms with E-state index in [2.05, 4.69) is 32.0 Å². The Morgan fingerprint density at radius 2 is 2.28 bits per heavy atom. The first kappa shape index (κ1) is 11.1. The summed E-state index contributed by atoms with van der Waals surface area (Å²) in [5.74, 6) is 0.696. The molecule has 18 heavy (non-hydrogen) atoms. The Morgan fingerprint density at radius 1 is 1.39 bits per heavy atom. The van der Waals surface area contributed by atoms with Crippen LogP contribution in [0.25, 0.3) is 10.9 Å². The number of nitrogens with zero attached hydrogens (tertiary/aromatic N) is 4. The third-order valence-electron chi connectivity index (χ3n) is 3.46. The first-order valence-corrected chi connectivity index (χ1v) is 6.23. The summed E-state index contributed by atoms with van der Waals surface area (Å²) in [6.45, 7) is 3.16. The fourth-order valence-corrected chi connectivity index (χ4v) is 2.40. The molecule has 3 heterocycles. The van der Waals surface area contributed by atoms with Crippen LogP contribution in [0.2, 0.25) is 0 Å². The highest BCUT2D eigenvalue weighted by atomic mass is 16.1. The van der Waals surface area contributed by atoms with Gasteiger partial charge in [0.05, 0.1) is 11.6 Å². The van der Waals surface area contributed by atoms with Gasteiger partial charge in [0.25, 0.3) is 5.56 Å². The van der Waals surface area contributed by atoms with Gasteiger partial charge in [-0.2, -0.15) is 5.10 Å². The number of anilines is 1. The highest BCUT2D eigenvalue weighted by Gasteiger charge is 2.20. The van der Waals surface area contributed by atoms with Gasteiger partial charge in [0.15, 0.2) is 0 Å². The summed E-state index contributed by atoms with van der Waals surface area (Å²) in [7, 11) is 0. The molecule has 3 rings (SSSR count). The van der Waals surface area contributed by atoms with E-state index in [1.807, 2.05) is 0 Å². The van der Waals surface area contributed by atoms with Crippen LogP contribution in [0.1, 0.15) is 26.2 Å². The van der Waals surface area contributed by atoms with Crippen LogP contribution in [-0.2, 0) is 0 Å². The highest BCUT2D eigenvalue weighted by molar-refractivity contribution is 5.76. The minimum absolute atomic E-state index is 0.245. The highest BCUT2D eigenvalue weighted by Crippen LogP contribution is 2.21. The summed E-state index contributed by atoms with van der Waals surface area (Å²) in [6.07, 6.45) is 6.73. The van der Waals surface area contributed by atoms with E-state index in [9.17, 15) is 4.79 Å². The molecule has 1 aliphatic rings. The summed E-state index contributed by atoms with van der Waals surface area (Å²) in [5.41, 5.74) is 0.354. The lowest BCUT2D eigenvalue weighted by Gasteiger charge is -2.33. The minimum Gasteiger partial charge on any atom is -0.338 e. The molecule has 1 atom stereocenters. The number of H-pyrrole nitrogens is 1. The minimum atomic E-state index is -0.245. The summed E-state index contributed by atoms with van der Waals surface area (Å²) < 4.78 is 0. The number of hydrogen-bond acceptors (Lipinski definition) is 5. The Morgan fingerprint density at radius 3 is 3.11 bits per heavy atom. The number of hydrogen-bond donors (Lipinski definition) is 1. The van der Waals surface area contributed by atoms with Crippen LogP contribution in [-0.4, -0.2) is 32.8 Å². The molecule has 2 aromatic heterocycles. The second-order valence-electron chi connectivity index (χ2n) is 4.71. The molecule has 0 bridgehead atoms. The number of aromatic nitrogens is 4. The molecule has 0 aromatic carbocycles. The van der Waals surface area contributed by atoms with Crippen molar-refractivity contribution in [2.24, 2.45) is 0 Å². The van der Waals surface area contributed by atoms with Gasteiger partial charge in [-0.15, -0.1) is 0 Å². The van der Waals surface area contributed by atoms with E-state index < -0.39 is 0 Å². The van der Waals surface area contributed by atoms with E-state index in [-0.39, 0.29) is 5.56 Å². The van der Waals surface area contributed by atoms with Gasteiger partial charge in [-0.05, 0) is 26.2 Å². The molecule has 6 nitrogen and oxygen atoms in total. The third kappa shape index (κ3) is 1.83. The topological polar surface area (TPSA) is 74.8 Å². The molecular weight excluding hydrogens is 230 g/mol. The Kier molecular flexibility index (Phi) is 2.70. The molecule has 1 unspecified atom stereocenters. The normalized spacial score (nSPS) is 20.3. The zero-order chi connectivity index (χ0) is 12.5. The van der Waals surface area contributed by atoms with Crippen LogP contribution in [0.5, 0.6) is 0 Å². The zero-order valence-corrected chi connectivity index (χ0v) is 10.3. The van der Waals surface area contributed by atoms with Gasteiger partial charge in [0, 0.05) is 18.8 Å². The van der Waals surface area contributed by atoms with E-state index in [0.717, 1.165) is 13.0 Å². The fourth-order valence-electron chi connectivity index (χ4n) is 2.40.